The fraction of sp³-hybridized carbons (Fsp3) is 0.231. The molecule has 0 radical (unpaired) electrons. The molecule has 0 spiro atoms. The van der Waals surface area contributed by atoms with Gasteiger partial charge in [0.2, 0.25) is 21.9 Å². The molecule has 2 aromatic rings. The van der Waals surface area contributed by atoms with E-state index in [4.69, 9.17) is 0 Å². The van der Waals surface area contributed by atoms with Gasteiger partial charge in [-0.15, -0.1) is 5.10 Å². The zero-order valence-electron chi connectivity index (χ0n) is 11.8. The highest BCUT2D eigenvalue weighted by Crippen LogP contribution is 2.06. The maximum absolute atomic E-state index is 12.2. The molecule has 0 aliphatic rings. The van der Waals surface area contributed by atoms with E-state index in [9.17, 15) is 13.2 Å². The van der Waals surface area contributed by atoms with Crippen molar-refractivity contribution >= 4 is 21.9 Å². The minimum atomic E-state index is -3.55. The van der Waals surface area contributed by atoms with Crippen molar-refractivity contribution in [1.29, 1.82) is 0 Å². The first-order chi connectivity index (χ1) is 10.4. The van der Waals surface area contributed by atoms with E-state index in [1.54, 1.807) is 0 Å². The van der Waals surface area contributed by atoms with Gasteiger partial charge in [-0.1, -0.05) is 30.3 Å². The van der Waals surface area contributed by atoms with Gasteiger partial charge >= 0.3 is 0 Å². The summed E-state index contributed by atoms with van der Waals surface area (Å²) in [5.41, 5.74) is 0.825. The van der Waals surface area contributed by atoms with Crippen molar-refractivity contribution in [3.63, 3.8) is 0 Å². The predicted octanol–water partition coefficient (Wildman–Crippen LogP) is -0.0294. The average Bonchev–Trinajstić information content (AvgIpc) is 2.47. The summed E-state index contributed by atoms with van der Waals surface area (Å²) >= 11 is 0. The van der Waals surface area contributed by atoms with Crippen LogP contribution in [0.25, 0.3) is 0 Å². The highest BCUT2D eigenvalue weighted by molar-refractivity contribution is 7.88. The van der Waals surface area contributed by atoms with E-state index in [1.807, 2.05) is 30.3 Å². The molecule has 0 aliphatic heterocycles. The van der Waals surface area contributed by atoms with Crippen molar-refractivity contribution in [1.82, 2.24) is 19.9 Å². The number of carbonyl (C=O) groups excluding carboxylic acids is 1. The Balaban J connectivity index is 2.14. The Labute approximate surface area is 128 Å². The number of aromatic nitrogens is 3. The lowest BCUT2D eigenvalue weighted by Gasteiger charge is -2.16. The van der Waals surface area contributed by atoms with Crippen LogP contribution in [-0.2, 0) is 21.2 Å². The van der Waals surface area contributed by atoms with Crippen molar-refractivity contribution in [2.75, 3.05) is 11.6 Å². The lowest BCUT2D eigenvalue weighted by molar-refractivity contribution is -0.117. The maximum atomic E-state index is 12.2. The molecule has 1 atom stereocenters. The molecule has 9 heteroatoms. The number of rotatable bonds is 6. The van der Waals surface area contributed by atoms with Gasteiger partial charge < -0.3 is 0 Å². The standard InChI is InChI=1S/C13H15N5O3S/c1-22(20,21)18-11(9-10-5-3-2-4-6-10)12(19)16-13-14-7-8-15-17-13/h2-8,11,18H,9H2,1H3,(H,14,16,17,19)/t11-/m0/s1. The van der Waals surface area contributed by atoms with Crippen LogP contribution in [0.15, 0.2) is 42.7 Å². The summed E-state index contributed by atoms with van der Waals surface area (Å²) in [7, 11) is -3.55. The van der Waals surface area contributed by atoms with E-state index in [2.05, 4.69) is 25.2 Å². The Hall–Kier alpha value is -2.39. The van der Waals surface area contributed by atoms with Crippen LogP contribution < -0.4 is 10.0 Å². The van der Waals surface area contributed by atoms with Gasteiger partial charge in [0.15, 0.2) is 0 Å². The smallest absolute Gasteiger partial charge is 0.249 e. The molecule has 2 N–H and O–H groups in total. The molecule has 0 bridgehead atoms. The summed E-state index contributed by atoms with van der Waals surface area (Å²) < 4.78 is 25.2. The summed E-state index contributed by atoms with van der Waals surface area (Å²) in [4.78, 5) is 16.1. The Morgan fingerprint density at radius 2 is 1.95 bits per heavy atom. The number of amides is 1. The average molecular weight is 321 g/mol. The first-order valence-corrected chi connectivity index (χ1v) is 8.29. The number of benzene rings is 1. The second kappa shape index (κ2) is 7.05. The fourth-order valence-corrected chi connectivity index (χ4v) is 2.51. The molecule has 0 fully saturated rings. The van der Waals surface area contributed by atoms with Crippen molar-refractivity contribution < 1.29 is 13.2 Å². The van der Waals surface area contributed by atoms with Crippen molar-refractivity contribution in [2.24, 2.45) is 0 Å². The van der Waals surface area contributed by atoms with E-state index in [-0.39, 0.29) is 12.4 Å². The molecular formula is C13H15N5O3S. The number of sulfonamides is 1. The van der Waals surface area contributed by atoms with Crippen LogP contribution in [0.4, 0.5) is 5.95 Å². The molecule has 1 amide bonds. The Bertz CT molecular complexity index is 722. The molecule has 1 aromatic carbocycles. The van der Waals surface area contributed by atoms with E-state index in [0.717, 1.165) is 11.8 Å². The first kappa shape index (κ1) is 16.0. The summed E-state index contributed by atoms with van der Waals surface area (Å²) in [6, 6.07) is 8.12. The summed E-state index contributed by atoms with van der Waals surface area (Å²) in [6.45, 7) is 0. The molecular weight excluding hydrogens is 306 g/mol. The molecule has 8 nitrogen and oxygen atoms in total. The molecule has 1 aromatic heterocycles. The minimum Gasteiger partial charge on any atom is -0.292 e. The zero-order valence-corrected chi connectivity index (χ0v) is 12.6. The van der Waals surface area contributed by atoms with E-state index < -0.39 is 22.0 Å². The first-order valence-electron chi connectivity index (χ1n) is 6.40. The van der Waals surface area contributed by atoms with Gasteiger partial charge in [0.1, 0.15) is 6.04 Å². The van der Waals surface area contributed by atoms with Crippen LogP contribution in [0.5, 0.6) is 0 Å². The molecule has 1 heterocycles. The van der Waals surface area contributed by atoms with E-state index in [1.165, 1.54) is 12.4 Å². The quantitative estimate of drug-likeness (QED) is 0.772. The normalized spacial score (nSPS) is 12.6. The lowest BCUT2D eigenvalue weighted by Crippen LogP contribution is -2.45. The van der Waals surface area contributed by atoms with Crippen LogP contribution in [0, 0.1) is 0 Å². The molecule has 0 unspecified atom stereocenters. The SMILES string of the molecule is CS(=O)(=O)N[C@@H](Cc1ccccc1)C(=O)Nc1nccnn1. The number of hydrogen-bond donors (Lipinski definition) is 2. The topological polar surface area (TPSA) is 114 Å². The number of nitrogens with zero attached hydrogens (tertiary/aromatic N) is 3. The van der Waals surface area contributed by atoms with E-state index in [0.29, 0.717) is 0 Å². The lowest BCUT2D eigenvalue weighted by atomic mass is 10.1. The molecule has 22 heavy (non-hydrogen) atoms. The van der Waals surface area contributed by atoms with Crippen LogP contribution in [-0.4, -0.2) is 41.8 Å². The minimum absolute atomic E-state index is 0.0147. The second-order valence-electron chi connectivity index (χ2n) is 4.59. The van der Waals surface area contributed by atoms with Gasteiger partial charge in [-0.3, -0.25) is 10.1 Å². The van der Waals surface area contributed by atoms with E-state index >= 15 is 0 Å². The third kappa shape index (κ3) is 5.19. The molecule has 0 aliphatic carbocycles. The van der Waals surface area contributed by atoms with Crippen LogP contribution in [0.1, 0.15) is 5.56 Å². The number of nitrogens with one attached hydrogen (secondary N) is 2. The summed E-state index contributed by atoms with van der Waals surface area (Å²) in [5.74, 6) is -0.539. The predicted molar refractivity (Wildman–Crippen MR) is 80.4 cm³/mol. The molecule has 0 saturated heterocycles. The van der Waals surface area contributed by atoms with Crippen LogP contribution in [0.3, 0.4) is 0 Å². The van der Waals surface area contributed by atoms with Gasteiger partial charge in [-0.2, -0.15) is 5.10 Å². The fourth-order valence-electron chi connectivity index (χ4n) is 1.80. The third-order valence-corrected chi connectivity index (χ3v) is 3.39. The van der Waals surface area contributed by atoms with Gasteiger partial charge in [0.05, 0.1) is 18.6 Å². The Morgan fingerprint density at radius 3 is 2.55 bits per heavy atom. The highest BCUT2D eigenvalue weighted by atomic mass is 32.2. The van der Waals surface area contributed by atoms with Crippen LogP contribution in [0.2, 0.25) is 0 Å². The van der Waals surface area contributed by atoms with Gasteiger partial charge in [0, 0.05) is 0 Å². The number of hydrogen-bond acceptors (Lipinski definition) is 6. The molecule has 116 valence electrons. The number of carbonyl (C=O) groups is 1. The highest BCUT2D eigenvalue weighted by Gasteiger charge is 2.23. The van der Waals surface area contributed by atoms with Crippen molar-refractivity contribution in [2.45, 2.75) is 12.5 Å². The number of anilines is 1. The van der Waals surface area contributed by atoms with Crippen molar-refractivity contribution in [3.8, 4) is 0 Å². The zero-order chi connectivity index (χ0) is 16.0. The third-order valence-electron chi connectivity index (χ3n) is 2.67. The summed E-state index contributed by atoms with van der Waals surface area (Å²) in [5, 5.41) is 9.66. The summed E-state index contributed by atoms with van der Waals surface area (Å²) in [6.07, 6.45) is 3.95. The van der Waals surface area contributed by atoms with Crippen molar-refractivity contribution in [3.05, 3.63) is 48.3 Å². The van der Waals surface area contributed by atoms with Crippen LogP contribution >= 0.6 is 0 Å². The largest absolute Gasteiger partial charge is 0.292 e. The van der Waals surface area contributed by atoms with Gasteiger partial charge in [-0.25, -0.2) is 18.1 Å². The molecule has 0 saturated carbocycles. The second-order valence-corrected chi connectivity index (χ2v) is 6.37. The monoisotopic (exact) mass is 321 g/mol. The Kier molecular flexibility index (Phi) is 5.12. The Morgan fingerprint density at radius 1 is 1.23 bits per heavy atom. The maximum Gasteiger partial charge on any atom is 0.249 e. The van der Waals surface area contributed by atoms with Gasteiger partial charge in [0.25, 0.3) is 0 Å². The van der Waals surface area contributed by atoms with Gasteiger partial charge in [-0.05, 0) is 12.0 Å². The molecule has 2 rings (SSSR count).